The maximum absolute atomic E-state index is 12.4. The van der Waals surface area contributed by atoms with Gasteiger partial charge >= 0.3 is 0 Å². The zero-order valence-corrected chi connectivity index (χ0v) is 18.0. The molecular formula is C22H24O12. The first-order chi connectivity index (χ1) is 15.9. The summed E-state index contributed by atoms with van der Waals surface area (Å²) in [7, 11) is 1.32. The molecule has 12 heteroatoms. The van der Waals surface area contributed by atoms with Crippen molar-refractivity contribution in [1.29, 1.82) is 0 Å². The van der Waals surface area contributed by atoms with E-state index in [-0.39, 0.29) is 45.8 Å². The fraction of sp³-hybridized carbons (Fsp3) is 0.273. The SMILES string of the molecule is COc1cc(O)cc2oc(-c3ccc(O)c(O)c3)c(O)c(=O)c12.C[C@H](O)[C@H](O)[C@@H](O)[C@@H](O)C=O. The fourth-order valence-electron chi connectivity index (χ4n) is 2.85. The Morgan fingerprint density at radius 2 is 1.59 bits per heavy atom. The number of fused-ring (bicyclic) bond motifs is 1. The van der Waals surface area contributed by atoms with E-state index in [9.17, 15) is 30.0 Å². The quantitative estimate of drug-likeness (QED) is 0.172. The number of aromatic hydroxyl groups is 4. The molecule has 3 aromatic rings. The molecule has 1 heterocycles. The second-order valence-electron chi connectivity index (χ2n) is 7.18. The van der Waals surface area contributed by atoms with Crippen molar-refractivity contribution in [3.05, 3.63) is 40.6 Å². The second-order valence-corrected chi connectivity index (χ2v) is 7.18. The smallest absolute Gasteiger partial charge is 0.238 e. The van der Waals surface area contributed by atoms with E-state index in [1.54, 1.807) is 0 Å². The van der Waals surface area contributed by atoms with Gasteiger partial charge in [-0.15, -0.1) is 0 Å². The van der Waals surface area contributed by atoms with Crippen LogP contribution in [0.25, 0.3) is 22.3 Å². The first kappa shape index (κ1) is 26.4. The molecule has 0 radical (unpaired) electrons. The molecule has 0 aliphatic carbocycles. The van der Waals surface area contributed by atoms with Gasteiger partial charge in [0.15, 0.2) is 23.5 Å². The maximum atomic E-state index is 12.4. The highest BCUT2D eigenvalue weighted by Crippen LogP contribution is 2.37. The Hall–Kier alpha value is -3.84. The summed E-state index contributed by atoms with van der Waals surface area (Å²) in [6, 6.07) is 6.13. The van der Waals surface area contributed by atoms with Crippen LogP contribution in [0.15, 0.2) is 39.5 Å². The van der Waals surface area contributed by atoms with Crippen molar-refractivity contribution in [2.24, 2.45) is 0 Å². The van der Waals surface area contributed by atoms with Crippen LogP contribution in [0.4, 0.5) is 0 Å². The number of carbonyl (C=O) groups is 1. The van der Waals surface area contributed by atoms with Gasteiger partial charge in [-0.2, -0.15) is 0 Å². The van der Waals surface area contributed by atoms with Gasteiger partial charge in [0.2, 0.25) is 11.2 Å². The predicted octanol–water partition coefficient (Wildman–Crippen LogP) is -0.0602. The van der Waals surface area contributed by atoms with Crippen molar-refractivity contribution >= 4 is 17.3 Å². The zero-order valence-electron chi connectivity index (χ0n) is 18.0. The lowest BCUT2D eigenvalue weighted by molar-refractivity contribution is -0.132. The number of benzene rings is 2. The summed E-state index contributed by atoms with van der Waals surface area (Å²) in [6.07, 6.45) is -5.88. The molecule has 34 heavy (non-hydrogen) atoms. The minimum absolute atomic E-state index is 0.00668. The van der Waals surface area contributed by atoms with Crippen LogP contribution in [0, 0.1) is 0 Å². The lowest BCUT2D eigenvalue weighted by Crippen LogP contribution is -2.43. The van der Waals surface area contributed by atoms with Crippen molar-refractivity contribution in [1.82, 2.24) is 0 Å². The molecule has 4 atom stereocenters. The highest BCUT2D eigenvalue weighted by atomic mass is 16.5. The molecule has 0 amide bonds. The molecular weight excluding hydrogens is 456 g/mol. The van der Waals surface area contributed by atoms with E-state index in [1.165, 1.54) is 38.3 Å². The summed E-state index contributed by atoms with van der Waals surface area (Å²) in [5.41, 5.74) is -0.558. The standard InChI is InChI=1S/C16H12O7.C6H12O5/c1-22-11-5-8(17)6-12-13(11)14(20)15(21)16(23-12)7-2-3-9(18)10(19)4-7;1-3(8)5(10)6(11)4(9)2-7/h2-6,17-19,21H,1H3;2-6,8-11H,1H3/t;3-,4-,5-,6-/m.0/s1. The van der Waals surface area contributed by atoms with E-state index < -0.39 is 41.3 Å². The molecule has 2 aromatic carbocycles. The van der Waals surface area contributed by atoms with Gasteiger partial charge in [-0.3, -0.25) is 4.79 Å². The van der Waals surface area contributed by atoms with Gasteiger partial charge in [0.05, 0.1) is 13.2 Å². The molecule has 184 valence electrons. The van der Waals surface area contributed by atoms with Crippen molar-refractivity contribution in [2.75, 3.05) is 7.11 Å². The van der Waals surface area contributed by atoms with E-state index in [0.717, 1.165) is 6.07 Å². The van der Waals surface area contributed by atoms with Crippen LogP contribution >= 0.6 is 0 Å². The van der Waals surface area contributed by atoms with Crippen molar-refractivity contribution in [3.8, 4) is 40.1 Å². The Bertz CT molecular complexity index is 1220. The Morgan fingerprint density at radius 1 is 0.941 bits per heavy atom. The molecule has 1 aromatic heterocycles. The largest absolute Gasteiger partial charge is 0.508 e. The third-order valence-corrected chi connectivity index (χ3v) is 4.71. The van der Waals surface area contributed by atoms with Crippen LogP contribution < -0.4 is 10.2 Å². The number of hydrogen-bond acceptors (Lipinski definition) is 12. The average molecular weight is 480 g/mol. The van der Waals surface area contributed by atoms with Crippen LogP contribution in [0.5, 0.6) is 28.7 Å². The molecule has 8 N–H and O–H groups in total. The molecule has 0 aliphatic heterocycles. The monoisotopic (exact) mass is 480 g/mol. The Balaban J connectivity index is 0.000000316. The third-order valence-electron chi connectivity index (χ3n) is 4.71. The van der Waals surface area contributed by atoms with Crippen molar-refractivity contribution in [3.63, 3.8) is 0 Å². The number of aliphatic hydroxyl groups excluding tert-OH is 4. The normalized spacial score (nSPS) is 14.4. The fourth-order valence-corrected chi connectivity index (χ4v) is 2.85. The van der Waals surface area contributed by atoms with E-state index in [0.29, 0.717) is 0 Å². The number of hydrogen-bond donors (Lipinski definition) is 8. The molecule has 0 bridgehead atoms. The second kappa shape index (κ2) is 10.9. The predicted molar refractivity (Wildman–Crippen MR) is 117 cm³/mol. The van der Waals surface area contributed by atoms with Crippen molar-refractivity contribution < 1.29 is 54.8 Å². The van der Waals surface area contributed by atoms with Gasteiger partial charge in [0, 0.05) is 17.7 Å². The van der Waals surface area contributed by atoms with Crippen LogP contribution in [0.1, 0.15) is 6.92 Å². The van der Waals surface area contributed by atoms with Crippen LogP contribution in [-0.4, -0.2) is 78.7 Å². The molecule has 12 nitrogen and oxygen atoms in total. The number of phenols is 3. The van der Waals surface area contributed by atoms with Crippen LogP contribution in [0.3, 0.4) is 0 Å². The Labute approximate surface area is 191 Å². The van der Waals surface area contributed by atoms with Gasteiger partial charge < -0.3 is 54.8 Å². The number of rotatable bonds is 6. The van der Waals surface area contributed by atoms with Crippen LogP contribution in [-0.2, 0) is 4.79 Å². The average Bonchev–Trinajstić information content (AvgIpc) is 2.81. The summed E-state index contributed by atoms with van der Waals surface area (Å²) in [6.45, 7) is 1.24. The highest BCUT2D eigenvalue weighted by Gasteiger charge is 2.27. The van der Waals surface area contributed by atoms with E-state index in [1.807, 2.05) is 0 Å². The Morgan fingerprint density at radius 3 is 2.12 bits per heavy atom. The van der Waals surface area contributed by atoms with E-state index >= 15 is 0 Å². The molecule has 3 rings (SSSR count). The van der Waals surface area contributed by atoms with Gasteiger partial charge in [-0.05, 0) is 25.1 Å². The first-order valence-electron chi connectivity index (χ1n) is 9.69. The molecule has 0 saturated carbocycles. The number of carbonyl (C=O) groups excluding carboxylic acids is 1. The minimum atomic E-state index is -1.65. The summed E-state index contributed by atoms with van der Waals surface area (Å²) < 4.78 is 10.5. The molecule has 0 fully saturated rings. The van der Waals surface area contributed by atoms with Gasteiger partial charge in [0.25, 0.3) is 0 Å². The summed E-state index contributed by atoms with van der Waals surface area (Å²) in [5.74, 6) is -1.78. The zero-order chi connectivity index (χ0) is 25.7. The topological polar surface area (TPSA) is 218 Å². The molecule has 0 saturated heterocycles. The molecule has 0 aliphatic rings. The van der Waals surface area contributed by atoms with Gasteiger partial charge in [-0.1, -0.05) is 0 Å². The number of ether oxygens (including phenoxy) is 1. The number of aldehydes is 1. The lowest BCUT2D eigenvalue weighted by Gasteiger charge is -2.21. The molecule has 0 spiro atoms. The summed E-state index contributed by atoms with van der Waals surface area (Å²) in [4.78, 5) is 22.3. The highest BCUT2D eigenvalue weighted by molar-refractivity contribution is 5.88. The van der Waals surface area contributed by atoms with E-state index in [4.69, 9.17) is 29.6 Å². The molecule has 0 unspecified atom stereocenters. The number of methoxy groups -OCH3 is 1. The van der Waals surface area contributed by atoms with Crippen molar-refractivity contribution in [2.45, 2.75) is 31.3 Å². The van der Waals surface area contributed by atoms with Gasteiger partial charge in [0.1, 0.15) is 40.8 Å². The van der Waals surface area contributed by atoms with Gasteiger partial charge in [-0.25, -0.2) is 0 Å². The minimum Gasteiger partial charge on any atom is -0.508 e. The third kappa shape index (κ3) is 5.55. The summed E-state index contributed by atoms with van der Waals surface area (Å²) in [5, 5.41) is 73.8. The lowest BCUT2D eigenvalue weighted by atomic mass is 10.1. The maximum Gasteiger partial charge on any atom is 0.238 e. The van der Waals surface area contributed by atoms with E-state index in [2.05, 4.69) is 0 Å². The van der Waals surface area contributed by atoms with Crippen LogP contribution in [0.2, 0.25) is 0 Å². The number of phenolic OH excluding ortho intramolecular Hbond substituents is 3. The Kier molecular flexibility index (Phi) is 8.43. The summed E-state index contributed by atoms with van der Waals surface area (Å²) >= 11 is 0. The number of aliphatic hydroxyl groups is 4. The first-order valence-corrected chi connectivity index (χ1v) is 9.69.